The molecule has 1 heterocycles. The molecule has 0 amide bonds. The van der Waals surface area contributed by atoms with Crippen molar-refractivity contribution in [1.29, 1.82) is 0 Å². The first-order valence-electron chi connectivity index (χ1n) is 5.96. The second-order valence-electron chi connectivity index (χ2n) is 4.35. The van der Waals surface area contributed by atoms with Gasteiger partial charge in [0.15, 0.2) is 5.78 Å². The van der Waals surface area contributed by atoms with Crippen LogP contribution in [-0.4, -0.2) is 15.3 Å². The van der Waals surface area contributed by atoms with Gasteiger partial charge in [0.1, 0.15) is 16.1 Å². The van der Waals surface area contributed by atoms with Gasteiger partial charge in [0.25, 0.3) is 5.56 Å². The minimum Gasteiger partial charge on any atom is -0.297 e. The number of aryl methyl sites for hydroxylation is 1. The molecule has 0 saturated carbocycles. The molecule has 0 fully saturated rings. The first-order valence-corrected chi connectivity index (χ1v) is 6.75. The number of ketones is 1. The maximum absolute atomic E-state index is 13.5. The lowest BCUT2D eigenvalue weighted by atomic mass is 10.1. The molecule has 0 radical (unpaired) electrons. The molecule has 0 aliphatic rings. The summed E-state index contributed by atoms with van der Waals surface area (Å²) in [4.78, 5) is 27.9. The van der Waals surface area contributed by atoms with E-state index in [9.17, 15) is 14.0 Å². The molecule has 20 heavy (non-hydrogen) atoms. The Hall–Kier alpha value is -1.82. The fourth-order valence-electron chi connectivity index (χ4n) is 1.82. The molecule has 6 heteroatoms. The lowest BCUT2D eigenvalue weighted by molar-refractivity contribution is -0.119. The van der Waals surface area contributed by atoms with E-state index in [0.717, 1.165) is 0 Å². The van der Waals surface area contributed by atoms with Crippen molar-refractivity contribution in [2.45, 2.75) is 19.9 Å². The van der Waals surface area contributed by atoms with Gasteiger partial charge in [-0.3, -0.25) is 14.2 Å². The van der Waals surface area contributed by atoms with Gasteiger partial charge in [0.05, 0.1) is 6.54 Å². The quantitative estimate of drug-likeness (QED) is 0.859. The van der Waals surface area contributed by atoms with E-state index in [1.54, 1.807) is 25.1 Å². The maximum Gasteiger partial charge on any atom is 0.268 e. The molecule has 0 N–H and O–H groups in total. The Bertz CT molecular complexity index is 713. The van der Waals surface area contributed by atoms with E-state index in [0.29, 0.717) is 15.9 Å². The van der Waals surface area contributed by atoms with E-state index in [2.05, 4.69) is 20.9 Å². The van der Waals surface area contributed by atoms with Crippen LogP contribution in [0.25, 0.3) is 0 Å². The molecule has 4 nitrogen and oxygen atoms in total. The number of aromatic nitrogens is 2. The second kappa shape index (κ2) is 6.09. The minimum atomic E-state index is -0.419. The number of rotatable bonds is 4. The van der Waals surface area contributed by atoms with Crippen molar-refractivity contribution in [1.82, 2.24) is 9.55 Å². The number of benzene rings is 1. The zero-order valence-corrected chi connectivity index (χ0v) is 12.4. The fourth-order valence-corrected chi connectivity index (χ4v) is 2.14. The molecular weight excluding hydrogens is 327 g/mol. The normalized spacial score (nSPS) is 10.6. The van der Waals surface area contributed by atoms with Crippen molar-refractivity contribution in [2.75, 3.05) is 0 Å². The topological polar surface area (TPSA) is 52.0 Å². The Balaban J connectivity index is 2.19. The maximum atomic E-state index is 13.5. The molecule has 0 atom stereocenters. The highest BCUT2D eigenvalue weighted by Crippen LogP contribution is 2.08. The van der Waals surface area contributed by atoms with Gasteiger partial charge in [-0.1, -0.05) is 18.2 Å². The van der Waals surface area contributed by atoms with Crippen molar-refractivity contribution in [3.8, 4) is 0 Å². The van der Waals surface area contributed by atoms with Gasteiger partial charge in [0.2, 0.25) is 0 Å². The van der Waals surface area contributed by atoms with E-state index in [1.165, 1.54) is 16.8 Å². The molecule has 104 valence electrons. The molecule has 0 bridgehead atoms. The van der Waals surface area contributed by atoms with Crippen molar-refractivity contribution < 1.29 is 9.18 Å². The number of hydrogen-bond donors (Lipinski definition) is 0. The van der Waals surface area contributed by atoms with Gasteiger partial charge in [-0.25, -0.2) is 9.37 Å². The molecule has 0 aliphatic carbocycles. The predicted octanol–water partition coefficient (Wildman–Crippen LogP) is 2.27. The second-order valence-corrected chi connectivity index (χ2v) is 5.21. The number of carbonyl (C=O) groups is 1. The molecular formula is C14H12BrFN2O2. The SMILES string of the molecule is Cc1ncc(Br)c(=O)n1CC(=O)Cc1ccccc1F. The zero-order chi connectivity index (χ0) is 14.7. The molecule has 1 aromatic heterocycles. The molecule has 0 saturated heterocycles. The van der Waals surface area contributed by atoms with Crippen LogP contribution in [0.3, 0.4) is 0 Å². The van der Waals surface area contributed by atoms with Crippen LogP contribution in [0.15, 0.2) is 39.7 Å². The number of halogens is 2. The van der Waals surface area contributed by atoms with E-state index in [4.69, 9.17) is 0 Å². The first-order chi connectivity index (χ1) is 9.49. The largest absolute Gasteiger partial charge is 0.297 e. The van der Waals surface area contributed by atoms with E-state index in [1.807, 2.05) is 0 Å². The zero-order valence-electron chi connectivity index (χ0n) is 10.8. The highest BCUT2D eigenvalue weighted by Gasteiger charge is 2.12. The van der Waals surface area contributed by atoms with Crippen LogP contribution >= 0.6 is 15.9 Å². The number of carbonyl (C=O) groups excluding carboxylic acids is 1. The Labute approximate surface area is 123 Å². The molecule has 1 aromatic carbocycles. The average Bonchev–Trinajstić information content (AvgIpc) is 2.42. The van der Waals surface area contributed by atoms with Crippen LogP contribution < -0.4 is 5.56 Å². The molecule has 0 unspecified atom stereocenters. The Morgan fingerprint density at radius 3 is 2.80 bits per heavy atom. The Kier molecular flexibility index (Phi) is 4.44. The standard InChI is InChI=1S/C14H12BrFN2O2/c1-9-17-7-12(15)14(20)18(9)8-11(19)6-10-4-2-3-5-13(10)16/h2-5,7H,6,8H2,1H3. The third kappa shape index (κ3) is 3.19. The molecule has 2 aromatic rings. The van der Waals surface area contributed by atoms with Crippen molar-refractivity contribution in [3.05, 3.63) is 62.5 Å². The van der Waals surface area contributed by atoms with Gasteiger partial charge in [-0.05, 0) is 34.5 Å². The van der Waals surface area contributed by atoms with Gasteiger partial charge >= 0.3 is 0 Å². The van der Waals surface area contributed by atoms with Crippen molar-refractivity contribution >= 4 is 21.7 Å². The molecule has 0 aliphatic heterocycles. The van der Waals surface area contributed by atoms with Crippen LogP contribution in [0.4, 0.5) is 4.39 Å². The van der Waals surface area contributed by atoms with Gasteiger partial charge in [-0.15, -0.1) is 0 Å². The third-order valence-corrected chi connectivity index (χ3v) is 3.43. The summed E-state index contributed by atoms with van der Waals surface area (Å²) in [5, 5.41) is 0. The monoisotopic (exact) mass is 338 g/mol. The first kappa shape index (κ1) is 14.6. The smallest absolute Gasteiger partial charge is 0.268 e. The average molecular weight is 339 g/mol. The van der Waals surface area contributed by atoms with Crippen LogP contribution in [0.2, 0.25) is 0 Å². The fraction of sp³-hybridized carbons (Fsp3) is 0.214. The third-order valence-electron chi connectivity index (χ3n) is 2.88. The van der Waals surface area contributed by atoms with E-state index in [-0.39, 0.29) is 24.3 Å². The number of nitrogens with zero attached hydrogens (tertiary/aromatic N) is 2. The van der Waals surface area contributed by atoms with Crippen molar-refractivity contribution in [3.63, 3.8) is 0 Å². The summed E-state index contributed by atoms with van der Waals surface area (Å²) >= 11 is 3.08. The Morgan fingerprint density at radius 1 is 1.40 bits per heavy atom. The Morgan fingerprint density at radius 2 is 2.10 bits per heavy atom. The number of hydrogen-bond acceptors (Lipinski definition) is 3. The van der Waals surface area contributed by atoms with Crippen LogP contribution in [-0.2, 0) is 17.8 Å². The van der Waals surface area contributed by atoms with Gasteiger partial charge < -0.3 is 0 Å². The lowest BCUT2D eigenvalue weighted by Gasteiger charge is -2.09. The van der Waals surface area contributed by atoms with Crippen molar-refractivity contribution in [2.24, 2.45) is 0 Å². The van der Waals surface area contributed by atoms with Gasteiger partial charge in [-0.2, -0.15) is 0 Å². The highest BCUT2D eigenvalue weighted by molar-refractivity contribution is 9.10. The summed E-state index contributed by atoms with van der Waals surface area (Å²) in [6.45, 7) is 1.52. The number of Topliss-reactive ketones (excluding diaryl/α,β-unsaturated/α-hetero) is 1. The minimum absolute atomic E-state index is 0.0505. The predicted molar refractivity (Wildman–Crippen MR) is 76.0 cm³/mol. The molecule has 0 spiro atoms. The summed E-state index contributed by atoms with van der Waals surface area (Å²) in [5.74, 6) is -0.224. The summed E-state index contributed by atoms with van der Waals surface area (Å²) in [6, 6.07) is 6.10. The van der Waals surface area contributed by atoms with Gasteiger partial charge in [0, 0.05) is 12.6 Å². The molecule has 2 rings (SSSR count). The summed E-state index contributed by atoms with van der Waals surface area (Å²) in [5.41, 5.74) is 0.00513. The highest BCUT2D eigenvalue weighted by atomic mass is 79.9. The summed E-state index contributed by atoms with van der Waals surface area (Å²) < 4.78 is 15.0. The van der Waals surface area contributed by atoms with E-state index >= 15 is 0 Å². The summed E-state index contributed by atoms with van der Waals surface area (Å²) in [6.07, 6.45) is 1.35. The van der Waals surface area contributed by atoms with Crippen LogP contribution in [0, 0.1) is 12.7 Å². The van der Waals surface area contributed by atoms with Crippen LogP contribution in [0.1, 0.15) is 11.4 Å². The summed E-state index contributed by atoms with van der Waals surface area (Å²) in [7, 11) is 0. The lowest BCUT2D eigenvalue weighted by Crippen LogP contribution is -2.28. The van der Waals surface area contributed by atoms with E-state index < -0.39 is 5.82 Å². The van der Waals surface area contributed by atoms with Crippen LogP contribution in [0.5, 0.6) is 0 Å².